The molecule has 1 saturated carbocycles. The lowest BCUT2D eigenvalue weighted by molar-refractivity contribution is 0.00446. The summed E-state index contributed by atoms with van der Waals surface area (Å²) in [6.07, 6.45) is 5.12. The minimum atomic E-state index is -1.01. The normalized spacial score (nSPS) is 24.2. The molecule has 3 heterocycles. The largest absolute Gasteiger partial charge is 0.396 e. The molecular weight excluding hydrogens is 380 g/mol. The second-order valence-corrected chi connectivity index (χ2v) is 7.46. The summed E-state index contributed by atoms with van der Waals surface area (Å²) in [6, 6.07) is 3.15. The first-order valence-electron chi connectivity index (χ1n) is 8.83. The number of nitrogens with one attached hydrogen (secondary N) is 2. The highest BCUT2D eigenvalue weighted by atomic mass is 32.1. The van der Waals surface area contributed by atoms with Crippen LogP contribution in [0, 0.1) is 5.92 Å². The summed E-state index contributed by atoms with van der Waals surface area (Å²) in [5.74, 6) is 0.490. The van der Waals surface area contributed by atoms with E-state index in [1.165, 1.54) is 11.3 Å². The van der Waals surface area contributed by atoms with Crippen molar-refractivity contribution in [1.82, 2.24) is 19.9 Å². The van der Waals surface area contributed by atoms with Gasteiger partial charge in [0.25, 0.3) is 0 Å². The quantitative estimate of drug-likeness (QED) is 0.414. The number of hydrogen-bond acceptors (Lipinski definition) is 10. The van der Waals surface area contributed by atoms with Crippen molar-refractivity contribution in [3.63, 3.8) is 0 Å². The van der Waals surface area contributed by atoms with Crippen LogP contribution in [0.1, 0.15) is 6.42 Å². The number of aliphatic hydroxyl groups excluding tert-OH is 3. The molecule has 4 rings (SSSR count). The third kappa shape index (κ3) is 3.80. The topological polar surface area (TPSA) is 136 Å². The lowest BCUT2D eigenvalue weighted by Gasteiger charge is -2.20. The van der Waals surface area contributed by atoms with E-state index in [-0.39, 0.29) is 12.5 Å². The van der Waals surface area contributed by atoms with Gasteiger partial charge in [-0.05, 0) is 18.6 Å². The van der Waals surface area contributed by atoms with Gasteiger partial charge in [-0.1, -0.05) is 0 Å². The maximum absolute atomic E-state index is 10.3. The smallest absolute Gasteiger partial charge is 0.229 e. The van der Waals surface area contributed by atoms with Gasteiger partial charge in [-0.15, -0.1) is 11.3 Å². The molecule has 0 saturated heterocycles. The van der Waals surface area contributed by atoms with Crippen LogP contribution < -0.4 is 10.6 Å². The Bertz CT molecular complexity index is 911. The second kappa shape index (κ2) is 8.15. The first-order valence-corrected chi connectivity index (χ1v) is 9.71. The van der Waals surface area contributed by atoms with Crippen LogP contribution in [0.3, 0.4) is 0 Å². The van der Waals surface area contributed by atoms with Crippen LogP contribution in [0.2, 0.25) is 0 Å². The van der Waals surface area contributed by atoms with Crippen LogP contribution in [-0.2, 0) is 0 Å². The van der Waals surface area contributed by atoms with Gasteiger partial charge in [0.2, 0.25) is 5.95 Å². The molecular formula is C18H20N6O3S. The Morgan fingerprint density at radius 3 is 2.61 bits per heavy atom. The van der Waals surface area contributed by atoms with Crippen LogP contribution in [0.5, 0.6) is 0 Å². The van der Waals surface area contributed by atoms with E-state index in [9.17, 15) is 15.3 Å². The molecule has 0 aliphatic heterocycles. The highest BCUT2D eigenvalue weighted by Gasteiger charge is 2.41. The summed E-state index contributed by atoms with van der Waals surface area (Å²) in [5, 5.41) is 38.8. The number of pyridine rings is 1. The average molecular weight is 400 g/mol. The Balaban J connectivity index is 1.64. The Labute approximate surface area is 165 Å². The number of rotatable bonds is 6. The van der Waals surface area contributed by atoms with Crippen LogP contribution in [-0.4, -0.2) is 60.1 Å². The van der Waals surface area contributed by atoms with Crippen molar-refractivity contribution in [2.45, 2.75) is 24.7 Å². The highest BCUT2D eigenvalue weighted by molar-refractivity contribution is 7.13. The fourth-order valence-corrected chi connectivity index (χ4v) is 3.90. The molecule has 28 heavy (non-hydrogen) atoms. The number of aliphatic hydroxyl groups is 3. The zero-order valence-corrected chi connectivity index (χ0v) is 15.6. The van der Waals surface area contributed by atoms with E-state index in [0.29, 0.717) is 23.8 Å². The minimum Gasteiger partial charge on any atom is -0.396 e. The number of thiazole rings is 1. The van der Waals surface area contributed by atoms with Crippen molar-refractivity contribution in [2.75, 3.05) is 17.2 Å². The number of aromatic nitrogens is 4. The molecule has 146 valence electrons. The van der Waals surface area contributed by atoms with E-state index in [4.69, 9.17) is 0 Å². The van der Waals surface area contributed by atoms with E-state index in [1.807, 2.05) is 5.38 Å². The zero-order chi connectivity index (χ0) is 19.5. The van der Waals surface area contributed by atoms with E-state index in [2.05, 4.69) is 30.6 Å². The van der Waals surface area contributed by atoms with Crippen LogP contribution in [0.15, 0.2) is 42.3 Å². The van der Waals surface area contributed by atoms with E-state index >= 15 is 0 Å². The monoisotopic (exact) mass is 400 g/mol. The first kappa shape index (κ1) is 18.7. The number of nitrogens with zero attached hydrogens (tertiary/aromatic N) is 4. The predicted octanol–water partition coefficient (Wildman–Crippen LogP) is 1.25. The lowest BCUT2D eigenvalue weighted by atomic mass is 10.1. The fraction of sp³-hybridized carbons (Fsp3) is 0.333. The standard InChI is InChI=1S/C18H20N6O3S/c25-9-10-7-13(15(27)14(10)26)23-16-12(17-20-5-6-28-17)8-21-18(24-16)22-11-1-3-19-4-2-11/h1-6,8,10,13-15,25-27H,7,9H2,(H2,19,21,22,23,24)/t10-,13-,14-,15+/m1/s1. The molecule has 0 bridgehead atoms. The van der Waals surface area contributed by atoms with Gasteiger partial charge in [0.15, 0.2) is 0 Å². The maximum Gasteiger partial charge on any atom is 0.229 e. The lowest BCUT2D eigenvalue weighted by Crippen LogP contribution is -2.35. The molecule has 5 N–H and O–H groups in total. The van der Waals surface area contributed by atoms with Gasteiger partial charge in [-0.25, -0.2) is 9.97 Å². The first-order chi connectivity index (χ1) is 13.7. The Morgan fingerprint density at radius 1 is 1.11 bits per heavy atom. The molecule has 1 fully saturated rings. The van der Waals surface area contributed by atoms with E-state index in [1.54, 1.807) is 36.9 Å². The van der Waals surface area contributed by atoms with Crippen molar-refractivity contribution in [1.29, 1.82) is 0 Å². The molecule has 10 heteroatoms. The predicted molar refractivity (Wildman–Crippen MR) is 105 cm³/mol. The molecule has 4 atom stereocenters. The Hall–Kier alpha value is -2.66. The average Bonchev–Trinajstić information content (AvgIpc) is 3.33. The third-order valence-electron chi connectivity index (χ3n) is 4.75. The van der Waals surface area contributed by atoms with Gasteiger partial charge in [0.05, 0.1) is 17.7 Å². The molecule has 0 aromatic carbocycles. The van der Waals surface area contributed by atoms with Gasteiger partial charge in [-0.3, -0.25) is 4.98 Å². The van der Waals surface area contributed by atoms with Gasteiger partial charge >= 0.3 is 0 Å². The summed E-state index contributed by atoms with van der Waals surface area (Å²) in [4.78, 5) is 17.2. The van der Waals surface area contributed by atoms with Gasteiger partial charge in [0, 0.05) is 48.4 Å². The zero-order valence-electron chi connectivity index (χ0n) is 14.8. The summed E-state index contributed by atoms with van der Waals surface area (Å²) >= 11 is 1.45. The molecule has 3 aromatic heterocycles. The fourth-order valence-electron chi connectivity index (χ4n) is 3.25. The van der Waals surface area contributed by atoms with Gasteiger partial charge in [-0.2, -0.15) is 4.98 Å². The summed E-state index contributed by atoms with van der Waals surface area (Å²) in [5.41, 5.74) is 1.49. The maximum atomic E-state index is 10.3. The van der Waals surface area contributed by atoms with E-state index in [0.717, 1.165) is 10.7 Å². The molecule has 1 aliphatic carbocycles. The highest BCUT2D eigenvalue weighted by Crippen LogP contribution is 2.33. The molecule has 9 nitrogen and oxygen atoms in total. The van der Waals surface area contributed by atoms with Crippen molar-refractivity contribution >= 4 is 28.8 Å². The molecule has 0 unspecified atom stereocenters. The molecule has 0 radical (unpaired) electrons. The summed E-state index contributed by atoms with van der Waals surface area (Å²) in [6.45, 7) is -0.186. The molecule has 0 spiro atoms. The SMILES string of the molecule is OC[C@H]1C[C@@H](Nc2nc(Nc3ccncc3)ncc2-c2nccs2)[C@H](O)[C@@H]1O. The van der Waals surface area contributed by atoms with Gasteiger partial charge < -0.3 is 26.0 Å². The van der Waals surface area contributed by atoms with Crippen LogP contribution in [0.4, 0.5) is 17.5 Å². The van der Waals surface area contributed by atoms with Crippen molar-refractivity contribution < 1.29 is 15.3 Å². The van der Waals surface area contributed by atoms with Crippen molar-refractivity contribution in [3.8, 4) is 10.6 Å². The van der Waals surface area contributed by atoms with Crippen LogP contribution >= 0.6 is 11.3 Å². The van der Waals surface area contributed by atoms with Gasteiger partial charge in [0.1, 0.15) is 16.9 Å². The number of anilines is 3. The molecule has 3 aromatic rings. The Kier molecular flexibility index (Phi) is 5.44. The third-order valence-corrected chi connectivity index (χ3v) is 5.55. The minimum absolute atomic E-state index is 0.186. The van der Waals surface area contributed by atoms with Crippen LogP contribution in [0.25, 0.3) is 10.6 Å². The Morgan fingerprint density at radius 2 is 1.93 bits per heavy atom. The van der Waals surface area contributed by atoms with E-state index < -0.39 is 18.2 Å². The van der Waals surface area contributed by atoms with Crippen molar-refractivity contribution in [2.24, 2.45) is 5.92 Å². The second-order valence-electron chi connectivity index (χ2n) is 6.56. The number of hydrogen-bond donors (Lipinski definition) is 5. The summed E-state index contributed by atoms with van der Waals surface area (Å²) in [7, 11) is 0. The molecule has 0 amide bonds. The summed E-state index contributed by atoms with van der Waals surface area (Å²) < 4.78 is 0. The van der Waals surface area contributed by atoms with Crippen molar-refractivity contribution in [3.05, 3.63) is 42.3 Å². The molecule has 1 aliphatic rings.